The van der Waals surface area contributed by atoms with Gasteiger partial charge in [0.25, 0.3) is 0 Å². The Morgan fingerprint density at radius 2 is 1.80 bits per heavy atom. The highest BCUT2D eigenvalue weighted by Gasteiger charge is 2.41. The number of hydrazone groups is 1. The zero-order valence-corrected chi connectivity index (χ0v) is 18.2. The molecule has 0 saturated heterocycles. The van der Waals surface area contributed by atoms with Crippen molar-refractivity contribution in [3.05, 3.63) is 82.1 Å². The van der Waals surface area contributed by atoms with Crippen molar-refractivity contribution in [3.8, 4) is 17.2 Å². The van der Waals surface area contributed by atoms with Gasteiger partial charge in [0, 0.05) is 40.0 Å². The minimum absolute atomic E-state index is 0.0764. The maximum Gasteiger partial charge on any atom is 0.213 e. The van der Waals surface area contributed by atoms with Crippen LogP contribution in [0.3, 0.4) is 0 Å². The molecule has 0 saturated carbocycles. The summed E-state index contributed by atoms with van der Waals surface area (Å²) in [6, 6.07) is 16.0. The van der Waals surface area contributed by atoms with E-state index in [9.17, 15) is 0 Å². The predicted molar refractivity (Wildman–Crippen MR) is 117 cm³/mol. The monoisotopic (exact) mass is 465 g/mol. The second-order valence-corrected chi connectivity index (χ2v) is 8.06. The van der Waals surface area contributed by atoms with Crippen molar-refractivity contribution >= 4 is 21.6 Å². The molecule has 2 aliphatic rings. The number of methoxy groups -OCH3 is 2. The minimum atomic E-state index is -0.315. The van der Waals surface area contributed by atoms with Gasteiger partial charge < -0.3 is 14.2 Å². The molecule has 2 atom stereocenters. The summed E-state index contributed by atoms with van der Waals surface area (Å²) in [7, 11) is 3.28. The third-order valence-corrected chi connectivity index (χ3v) is 5.95. The summed E-state index contributed by atoms with van der Waals surface area (Å²) in [5, 5.41) is 7.04. The van der Waals surface area contributed by atoms with E-state index >= 15 is 0 Å². The molecule has 7 heteroatoms. The zero-order chi connectivity index (χ0) is 20.7. The number of aromatic nitrogens is 1. The highest BCUT2D eigenvalue weighted by Crippen LogP contribution is 2.48. The maximum absolute atomic E-state index is 6.38. The molecule has 1 aromatic heterocycles. The van der Waals surface area contributed by atoms with Crippen molar-refractivity contribution in [2.75, 3.05) is 14.2 Å². The summed E-state index contributed by atoms with van der Waals surface area (Å²) in [5.41, 5.74) is 4.12. The van der Waals surface area contributed by atoms with Crippen molar-refractivity contribution in [2.24, 2.45) is 5.10 Å². The Hall–Kier alpha value is -3.06. The SMILES string of the molecule is COc1ccc(C2=NN3[C@@H](C2)c2cc(Br)ccc2O[C@H]3c2ccncc2)cc1OC. The van der Waals surface area contributed by atoms with E-state index in [2.05, 4.69) is 32.0 Å². The molecule has 0 N–H and O–H groups in total. The van der Waals surface area contributed by atoms with E-state index in [1.165, 1.54) is 0 Å². The van der Waals surface area contributed by atoms with Gasteiger partial charge in [0.2, 0.25) is 6.23 Å². The van der Waals surface area contributed by atoms with Gasteiger partial charge in [0.15, 0.2) is 11.5 Å². The van der Waals surface area contributed by atoms with Crippen LogP contribution in [0.15, 0.2) is 70.5 Å². The number of rotatable bonds is 4. The van der Waals surface area contributed by atoms with E-state index in [1.807, 2.05) is 42.5 Å². The molecule has 2 aliphatic heterocycles. The van der Waals surface area contributed by atoms with Crippen molar-refractivity contribution < 1.29 is 14.2 Å². The van der Waals surface area contributed by atoms with Crippen LogP contribution in [0.5, 0.6) is 17.2 Å². The summed E-state index contributed by atoms with van der Waals surface area (Å²) in [6.45, 7) is 0. The van der Waals surface area contributed by atoms with E-state index in [0.29, 0.717) is 11.5 Å². The Bertz CT molecular complexity index is 1120. The van der Waals surface area contributed by atoms with Crippen LogP contribution in [0, 0.1) is 0 Å². The fraction of sp³-hybridized carbons (Fsp3) is 0.217. The molecule has 3 heterocycles. The molecule has 30 heavy (non-hydrogen) atoms. The highest BCUT2D eigenvalue weighted by molar-refractivity contribution is 9.10. The van der Waals surface area contributed by atoms with E-state index in [0.717, 1.165) is 39.0 Å². The van der Waals surface area contributed by atoms with Crippen molar-refractivity contribution in [3.63, 3.8) is 0 Å². The summed E-state index contributed by atoms with van der Waals surface area (Å²) in [5.74, 6) is 2.27. The number of fused-ring (bicyclic) bond motifs is 3. The van der Waals surface area contributed by atoms with Gasteiger partial charge in [0.1, 0.15) is 5.75 Å². The number of hydrogen-bond acceptors (Lipinski definition) is 6. The summed E-state index contributed by atoms with van der Waals surface area (Å²) < 4.78 is 18.3. The third-order valence-electron chi connectivity index (χ3n) is 5.46. The first-order chi connectivity index (χ1) is 14.7. The summed E-state index contributed by atoms with van der Waals surface area (Å²) in [6.07, 6.45) is 4.01. The number of pyridine rings is 1. The molecular formula is C23H20BrN3O3. The van der Waals surface area contributed by atoms with Gasteiger partial charge in [-0.15, -0.1) is 0 Å². The number of nitrogens with zero attached hydrogens (tertiary/aromatic N) is 3. The van der Waals surface area contributed by atoms with Crippen LogP contribution < -0.4 is 14.2 Å². The fourth-order valence-electron chi connectivity index (χ4n) is 4.00. The van der Waals surface area contributed by atoms with Gasteiger partial charge in [-0.2, -0.15) is 5.10 Å². The molecular weight excluding hydrogens is 446 g/mol. The number of halogens is 1. The van der Waals surface area contributed by atoms with Gasteiger partial charge >= 0.3 is 0 Å². The first kappa shape index (κ1) is 18.9. The fourth-order valence-corrected chi connectivity index (χ4v) is 4.38. The standard InChI is InChI=1S/C23H20BrN3O3/c1-28-21-5-3-15(11-22(21)29-2)18-13-19-17-12-16(24)4-6-20(17)30-23(27(19)26-18)14-7-9-25-10-8-14/h3-12,19,23H,13H2,1-2H3/t19-,23-/m0/s1. The Labute approximate surface area is 183 Å². The van der Waals surface area contributed by atoms with Crippen LogP contribution in [0.1, 0.15) is 35.4 Å². The molecule has 0 amide bonds. The normalized spacial score (nSPS) is 19.4. The van der Waals surface area contributed by atoms with Crippen LogP contribution in [-0.2, 0) is 0 Å². The van der Waals surface area contributed by atoms with E-state index < -0.39 is 0 Å². The van der Waals surface area contributed by atoms with Crippen LogP contribution in [0.25, 0.3) is 0 Å². The molecule has 5 rings (SSSR count). The third kappa shape index (κ3) is 3.19. The highest BCUT2D eigenvalue weighted by atomic mass is 79.9. The Morgan fingerprint density at radius 1 is 1.00 bits per heavy atom. The molecule has 6 nitrogen and oxygen atoms in total. The van der Waals surface area contributed by atoms with Crippen molar-refractivity contribution in [2.45, 2.75) is 18.7 Å². The Morgan fingerprint density at radius 3 is 2.57 bits per heavy atom. The van der Waals surface area contributed by atoms with Crippen LogP contribution in [-0.4, -0.2) is 29.9 Å². The van der Waals surface area contributed by atoms with Crippen LogP contribution in [0.4, 0.5) is 0 Å². The average molecular weight is 466 g/mol. The lowest BCUT2D eigenvalue weighted by Crippen LogP contribution is -2.33. The molecule has 0 aliphatic carbocycles. The summed E-state index contributed by atoms with van der Waals surface area (Å²) in [4.78, 5) is 4.14. The molecule has 0 bridgehead atoms. The van der Waals surface area contributed by atoms with Gasteiger partial charge in [-0.3, -0.25) is 4.98 Å². The van der Waals surface area contributed by atoms with E-state index in [-0.39, 0.29) is 12.3 Å². The van der Waals surface area contributed by atoms with Crippen molar-refractivity contribution in [1.29, 1.82) is 0 Å². The largest absolute Gasteiger partial charge is 0.493 e. The lowest BCUT2D eigenvalue weighted by molar-refractivity contribution is -0.0191. The first-order valence-corrected chi connectivity index (χ1v) is 10.4. The first-order valence-electron chi connectivity index (χ1n) is 9.62. The topological polar surface area (TPSA) is 56.2 Å². The molecule has 0 unspecified atom stereocenters. The Balaban J connectivity index is 1.58. The summed E-state index contributed by atoms with van der Waals surface area (Å²) >= 11 is 3.59. The van der Waals surface area contributed by atoms with E-state index in [4.69, 9.17) is 19.3 Å². The molecule has 152 valence electrons. The van der Waals surface area contributed by atoms with Gasteiger partial charge in [-0.1, -0.05) is 15.9 Å². The predicted octanol–water partition coefficient (Wildman–Crippen LogP) is 5.10. The second kappa shape index (κ2) is 7.65. The maximum atomic E-state index is 6.38. The van der Waals surface area contributed by atoms with Gasteiger partial charge in [-0.05, 0) is 48.5 Å². The van der Waals surface area contributed by atoms with E-state index in [1.54, 1.807) is 26.6 Å². The molecule has 0 radical (unpaired) electrons. The van der Waals surface area contributed by atoms with Gasteiger partial charge in [0.05, 0.1) is 26.0 Å². The number of ether oxygens (including phenoxy) is 3. The van der Waals surface area contributed by atoms with Gasteiger partial charge in [-0.25, -0.2) is 5.01 Å². The van der Waals surface area contributed by atoms with Crippen LogP contribution in [0.2, 0.25) is 0 Å². The van der Waals surface area contributed by atoms with Crippen LogP contribution >= 0.6 is 15.9 Å². The number of hydrogen-bond donors (Lipinski definition) is 0. The lowest BCUT2D eigenvalue weighted by Gasteiger charge is -2.38. The minimum Gasteiger partial charge on any atom is -0.493 e. The molecule has 0 fully saturated rings. The lowest BCUT2D eigenvalue weighted by atomic mass is 9.96. The second-order valence-electron chi connectivity index (χ2n) is 7.15. The van der Waals surface area contributed by atoms with Crippen molar-refractivity contribution in [1.82, 2.24) is 9.99 Å². The molecule has 0 spiro atoms. The Kier molecular flexibility index (Phi) is 4.83. The quantitative estimate of drug-likeness (QED) is 0.536. The average Bonchev–Trinajstić information content (AvgIpc) is 3.24. The zero-order valence-electron chi connectivity index (χ0n) is 16.6. The molecule has 3 aromatic rings. The smallest absolute Gasteiger partial charge is 0.213 e. The number of benzene rings is 2. The molecule has 2 aromatic carbocycles.